The molecule has 2 aromatic carbocycles. The highest BCUT2D eigenvalue weighted by Gasteiger charge is 2.30. The van der Waals surface area contributed by atoms with Gasteiger partial charge in [0.1, 0.15) is 5.75 Å². The van der Waals surface area contributed by atoms with Crippen molar-refractivity contribution in [1.82, 2.24) is 0 Å². The molecule has 144 valence electrons. The number of hydrogen-bond donors (Lipinski definition) is 1. The molecule has 0 radical (unpaired) electrons. The summed E-state index contributed by atoms with van der Waals surface area (Å²) in [7, 11) is 1.31. The first-order valence-electron chi connectivity index (χ1n) is 8.30. The summed E-state index contributed by atoms with van der Waals surface area (Å²) in [5, 5.41) is 0. The van der Waals surface area contributed by atoms with E-state index in [-0.39, 0.29) is 25.0 Å². The lowest BCUT2D eigenvalue weighted by Gasteiger charge is -2.19. The van der Waals surface area contributed by atoms with E-state index in [1.54, 1.807) is 34.1 Å². The second kappa shape index (κ2) is 9.25. The number of urea groups is 1. The molecular weight excluding hydrogens is 370 g/mol. The van der Waals surface area contributed by atoms with E-state index in [0.29, 0.717) is 25.4 Å². The quantitative estimate of drug-likeness (QED) is 0.765. The summed E-state index contributed by atoms with van der Waals surface area (Å²) in [6.07, 6.45) is 0. The number of benzene rings is 2. The topological polar surface area (TPSA) is 85.1 Å². The molecule has 0 atom stereocenters. The SMILES string of the molecule is COC(=O)COc1ccc(N2CCN(c3ccc(CN)cc3)C2=O)cc1.Cl. The summed E-state index contributed by atoms with van der Waals surface area (Å²) in [5.74, 6) is 0.0973. The maximum atomic E-state index is 12.7. The predicted molar refractivity (Wildman–Crippen MR) is 106 cm³/mol. The van der Waals surface area contributed by atoms with Crippen LogP contribution in [0.3, 0.4) is 0 Å². The third-order valence-corrected chi connectivity index (χ3v) is 4.23. The number of nitrogens with two attached hydrogens (primary N) is 1. The number of amides is 2. The highest BCUT2D eigenvalue weighted by Crippen LogP contribution is 2.26. The second-order valence-electron chi connectivity index (χ2n) is 5.82. The molecular formula is C19H22ClN3O4. The van der Waals surface area contributed by atoms with Crippen molar-refractivity contribution in [2.24, 2.45) is 5.73 Å². The average molecular weight is 392 g/mol. The van der Waals surface area contributed by atoms with E-state index in [4.69, 9.17) is 10.5 Å². The second-order valence-corrected chi connectivity index (χ2v) is 5.82. The fourth-order valence-electron chi connectivity index (χ4n) is 2.75. The third-order valence-electron chi connectivity index (χ3n) is 4.23. The van der Waals surface area contributed by atoms with E-state index in [9.17, 15) is 9.59 Å². The van der Waals surface area contributed by atoms with Crippen LogP contribution in [0.5, 0.6) is 5.75 Å². The molecule has 1 aliphatic heterocycles. The van der Waals surface area contributed by atoms with Gasteiger partial charge in [-0.1, -0.05) is 12.1 Å². The van der Waals surface area contributed by atoms with Gasteiger partial charge in [0, 0.05) is 31.0 Å². The molecule has 0 spiro atoms. The number of esters is 1. The van der Waals surface area contributed by atoms with Gasteiger partial charge in [0.2, 0.25) is 0 Å². The average Bonchev–Trinajstić information content (AvgIpc) is 3.08. The molecule has 0 aromatic heterocycles. The van der Waals surface area contributed by atoms with Crippen LogP contribution < -0.4 is 20.3 Å². The van der Waals surface area contributed by atoms with Crippen LogP contribution in [-0.2, 0) is 16.1 Å². The van der Waals surface area contributed by atoms with Gasteiger partial charge in [-0.15, -0.1) is 12.4 Å². The van der Waals surface area contributed by atoms with E-state index >= 15 is 0 Å². The van der Waals surface area contributed by atoms with Crippen molar-refractivity contribution in [1.29, 1.82) is 0 Å². The molecule has 7 nitrogen and oxygen atoms in total. The number of ether oxygens (including phenoxy) is 2. The molecule has 8 heteroatoms. The van der Waals surface area contributed by atoms with Crippen LogP contribution in [0.25, 0.3) is 0 Å². The molecule has 2 amide bonds. The van der Waals surface area contributed by atoms with E-state index < -0.39 is 5.97 Å². The molecule has 2 N–H and O–H groups in total. The van der Waals surface area contributed by atoms with Crippen molar-refractivity contribution in [3.05, 3.63) is 54.1 Å². The minimum atomic E-state index is -0.444. The number of methoxy groups -OCH3 is 1. The van der Waals surface area contributed by atoms with Gasteiger partial charge >= 0.3 is 12.0 Å². The van der Waals surface area contributed by atoms with Gasteiger partial charge < -0.3 is 15.2 Å². The number of rotatable bonds is 6. The summed E-state index contributed by atoms with van der Waals surface area (Å²) >= 11 is 0. The molecule has 0 aliphatic carbocycles. The standard InChI is InChI=1S/C19H21N3O4.ClH/c1-25-18(23)13-26-17-8-6-16(7-9-17)22-11-10-21(19(22)24)15-4-2-14(12-20)3-5-15;/h2-9H,10-13,20H2,1H3;1H. The van der Waals surface area contributed by atoms with Crippen LogP contribution >= 0.6 is 12.4 Å². The Morgan fingerprint density at radius 3 is 2.00 bits per heavy atom. The largest absolute Gasteiger partial charge is 0.482 e. The number of carbonyl (C=O) groups excluding carboxylic acids is 2. The fraction of sp³-hybridized carbons (Fsp3) is 0.263. The molecule has 3 rings (SSSR count). The number of carbonyl (C=O) groups is 2. The lowest BCUT2D eigenvalue weighted by atomic mass is 10.2. The zero-order valence-electron chi connectivity index (χ0n) is 15.0. The molecule has 1 saturated heterocycles. The monoisotopic (exact) mass is 391 g/mol. The Morgan fingerprint density at radius 2 is 1.52 bits per heavy atom. The normalized spacial score (nSPS) is 13.3. The number of hydrogen-bond acceptors (Lipinski definition) is 5. The highest BCUT2D eigenvalue weighted by atomic mass is 35.5. The first kappa shape index (κ1) is 20.5. The zero-order valence-corrected chi connectivity index (χ0v) is 15.8. The lowest BCUT2D eigenvalue weighted by molar-refractivity contribution is -0.142. The Morgan fingerprint density at radius 1 is 1.00 bits per heavy atom. The fourth-order valence-corrected chi connectivity index (χ4v) is 2.75. The summed E-state index contributed by atoms with van der Waals surface area (Å²) < 4.78 is 9.85. The van der Waals surface area contributed by atoms with Crippen molar-refractivity contribution in [3.8, 4) is 5.75 Å². The smallest absolute Gasteiger partial charge is 0.343 e. The van der Waals surface area contributed by atoms with Gasteiger partial charge in [-0.25, -0.2) is 9.59 Å². The number of halogens is 1. The van der Waals surface area contributed by atoms with E-state index in [1.807, 2.05) is 24.3 Å². The summed E-state index contributed by atoms with van der Waals surface area (Å²) in [6, 6.07) is 14.7. The van der Waals surface area contributed by atoms with Crippen molar-refractivity contribution in [2.75, 3.05) is 36.6 Å². The van der Waals surface area contributed by atoms with Crippen molar-refractivity contribution < 1.29 is 19.1 Å². The molecule has 0 saturated carbocycles. The van der Waals surface area contributed by atoms with Crippen LogP contribution in [0.1, 0.15) is 5.56 Å². The minimum Gasteiger partial charge on any atom is -0.482 e. The number of nitrogens with zero attached hydrogens (tertiary/aromatic N) is 2. The van der Waals surface area contributed by atoms with Gasteiger partial charge in [0.15, 0.2) is 6.61 Å². The molecule has 0 unspecified atom stereocenters. The molecule has 1 aliphatic rings. The Hall–Kier alpha value is -2.77. The van der Waals surface area contributed by atoms with Gasteiger partial charge in [0.25, 0.3) is 0 Å². The minimum absolute atomic E-state index is 0. The lowest BCUT2D eigenvalue weighted by Crippen LogP contribution is -2.31. The summed E-state index contributed by atoms with van der Waals surface area (Å²) in [6.45, 7) is 1.54. The number of anilines is 2. The molecule has 1 fully saturated rings. The highest BCUT2D eigenvalue weighted by molar-refractivity contribution is 6.06. The maximum Gasteiger partial charge on any atom is 0.343 e. The Bertz CT molecular complexity index is 781. The first-order valence-corrected chi connectivity index (χ1v) is 8.30. The van der Waals surface area contributed by atoms with Crippen LogP contribution in [0.4, 0.5) is 16.2 Å². The molecule has 27 heavy (non-hydrogen) atoms. The van der Waals surface area contributed by atoms with Gasteiger partial charge in [0.05, 0.1) is 7.11 Å². The Kier molecular flexibility index (Phi) is 7.04. The van der Waals surface area contributed by atoms with Crippen LogP contribution in [-0.4, -0.2) is 38.8 Å². The Balaban J connectivity index is 0.00000261. The maximum absolute atomic E-state index is 12.7. The van der Waals surface area contributed by atoms with Gasteiger partial charge in [-0.3, -0.25) is 9.80 Å². The third kappa shape index (κ3) is 4.69. The van der Waals surface area contributed by atoms with Crippen LogP contribution in [0, 0.1) is 0 Å². The zero-order chi connectivity index (χ0) is 18.5. The van der Waals surface area contributed by atoms with E-state index in [2.05, 4.69) is 4.74 Å². The summed E-state index contributed by atoms with van der Waals surface area (Å²) in [5.41, 5.74) is 8.27. The van der Waals surface area contributed by atoms with E-state index in [0.717, 1.165) is 16.9 Å². The van der Waals surface area contributed by atoms with Crippen molar-refractivity contribution in [3.63, 3.8) is 0 Å². The molecule has 0 bridgehead atoms. The predicted octanol–water partition coefficient (Wildman–Crippen LogP) is 2.57. The van der Waals surface area contributed by atoms with Crippen LogP contribution in [0.15, 0.2) is 48.5 Å². The summed E-state index contributed by atoms with van der Waals surface area (Å²) in [4.78, 5) is 27.3. The van der Waals surface area contributed by atoms with Crippen molar-refractivity contribution in [2.45, 2.75) is 6.54 Å². The molecule has 2 aromatic rings. The van der Waals surface area contributed by atoms with Crippen LogP contribution in [0.2, 0.25) is 0 Å². The van der Waals surface area contributed by atoms with Gasteiger partial charge in [-0.2, -0.15) is 0 Å². The molecule has 1 heterocycles. The van der Waals surface area contributed by atoms with Crippen molar-refractivity contribution >= 4 is 35.8 Å². The van der Waals surface area contributed by atoms with E-state index in [1.165, 1.54) is 7.11 Å². The Labute approximate surface area is 164 Å². The first-order chi connectivity index (χ1) is 12.6. The van der Waals surface area contributed by atoms with Gasteiger partial charge in [-0.05, 0) is 42.0 Å².